The molecule has 0 saturated heterocycles. The molecule has 20 heavy (non-hydrogen) atoms. The summed E-state index contributed by atoms with van der Waals surface area (Å²) in [5.41, 5.74) is 1.07. The lowest BCUT2D eigenvalue weighted by Crippen LogP contribution is -2.04. The molecule has 0 heterocycles. The highest BCUT2D eigenvalue weighted by Gasteiger charge is 2.13. The van der Waals surface area contributed by atoms with Crippen molar-refractivity contribution in [3.8, 4) is 0 Å². The minimum Gasteiger partial charge on any atom is -0.478 e. The Morgan fingerprint density at radius 3 is 2.50 bits per heavy atom. The van der Waals surface area contributed by atoms with Gasteiger partial charge in [0.25, 0.3) is 0 Å². The SMILES string of the molecule is Cc1ccc(C(=O)O)c(Nc2cc(Br)c(F)cc2F)c1. The molecule has 2 rings (SSSR count). The molecular formula is C14H10BrF2NO2. The fourth-order valence-electron chi connectivity index (χ4n) is 1.71. The van der Waals surface area contributed by atoms with Crippen molar-refractivity contribution >= 4 is 33.3 Å². The van der Waals surface area contributed by atoms with Crippen LogP contribution < -0.4 is 5.32 Å². The first-order valence-electron chi connectivity index (χ1n) is 5.64. The van der Waals surface area contributed by atoms with E-state index in [0.29, 0.717) is 0 Å². The van der Waals surface area contributed by atoms with Gasteiger partial charge in [-0.3, -0.25) is 0 Å². The predicted octanol–water partition coefficient (Wildman–Crippen LogP) is 4.48. The third-order valence-corrected chi connectivity index (χ3v) is 3.29. The summed E-state index contributed by atoms with van der Waals surface area (Å²) >= 11 is 2.96. The van der Waals surface area contributed by atoms with Crippen LogP contribution in [0.3, 0.4) is 0 Å². The van der Waals surface area contributed by atoms with Gasteiger partial charge in [-0.15, -0.1) is 0 Å². The van der Waals surface area contributed by atoms with Gasteiger partial charge in [0.2, 0.25) is 0 Å². The van der Waals surface area contributed by atoms with Crippen LogP contribution in [0.4, 0.5) is 20.2 Å². The minimum atomic E-state index is -1.13. The smallest absolute Gasteiger partial charge is 0.337 e. The number of halogens is 3. The summed E-state index contributed by atoms with van der Waals surface area (Å²) in [7, 11) is 0. The predicted molar refractivity (Wildman–Crippen MR) is 75.5 cm³/mol. The van der Waals surface area contributed by atoms with Crippen molar-refractivity contribution in [2.45, 2.75) is 6.92 Å². The molecule has 0 bridgehead atoms. The number of carbonyl (C=O) groups is 1. The van der Waals surface area contributed by atoms with Gasteiger partial charge in [0.05, 0.1) is 21.4 Å². The van der Waals surface area contributed by atoms with E-state index in [1.54, 1.807) is 19.1 Å². The van der Waals surface area contributed by atoms with Crippen molar-refractivity contribution in [1.29, 1.82) is 0 Å². The van der Waals surface area contributed by atoms with Crippen molar-refractivity contribution in [1.82, 2.24) is 0 Å². The van der Waals surface area contributed by atoms with Crippen LogP contribution >= 0.6 is 15.9 Å². The van der Waals surface area contributed by atoms with Gasteiger partial charge in [-0.25, -0.2) is 13.6 Å². The van der Waals surface area contributed by atoms with Gasteiger partial charge in [0.15, 0.2) is 0 Å². The summed E-state index contributed by atoms with van der Waals surface area (Å²) in [5.74, 6) is -2.66. The van der Waals surface area contributed by atoms with Crippen molar-refractivity contribution in [3.63, 3.8) is 0 Å². The van der Waals surface area contributed by atoms with Gasteiger partial charge >= 0.3 is 5.97 Å². The molecule has 0 aromatic heterocycles. The van der Waals surface area contributed by atoms with Crippen LogP contribution in [0.25, 0.3) is 0 Å². The van der Waals surface area contributed by atoms with Gasteiger partial charge in [0.1, 0.15) is 11.6 Å². The molecule has 2 N–H and O–H groups in total. The third kappa shape index (κ3) is 2.96. The number of benzene rings is 2. The molecule has 0 fully saturated rings. The van der Waals surface area contributed by atoms with Crippen LogP contribution in [-0.4, -0.2) is 11.1 Å². The van der Waals surface area contributed by atoms with Crippen LogP contribution in [0.1, 0.15) is 15.9 Å². The van der Waals surface area contributed by atoms with Crippen LogP contribution in [-0.2, 0) is 0 Å². The van der Waals surface area contributed by atoms with Gasteiger partial charge in [0, 0.05) is 6.07 Å². The first-order valence-corrected chi connectivity index (χ1v) is 6.43. The molecule has 0 saturated carbocycles. The number of aromatic carboxylic acids is 1. The van der Waals surface area contributed by atoms with Crippen molar-refractivity contribution in [2.75, 3.05) is 5.32 Å². The van der Waals surface area contributed by atoms with Crippen LogP contribution in [0.5, 0.6) is 0 Å². The lowest BCUT2D eigenvalue weighted by molar-refractivity contribution is 0.0698. The number of aryl methyl sites for hydroxylation is 1. The Morgan fingerprint density at radius 1 is 1.15 bits per heavy atom. The summed E-state index contributed by atoms with van der Waals surface area (Å²) in [6.07, 6.45) is 0. The van der Waals surface area contributed by atoms with Gasteiger partial charge in [-0.2, -0.15) is 0 Å². The third-order valence-electron chi connectivity index (χ3n) is 2.68. The second-order valence-corrected chi connectivity index (χ2v) is 5.08. The summed E-state index contributed by atoms with van der Waals surface area (Å²) in [5, 5.41) is 11.8. The second-order valence-electron chi connectivity index (χ2n) is 4.23. The lowest BCUT2D eigenvalue weighted by atomic mass is 10.1. The maximum Gasteiger partial charge on any atom is 0.337 e. The average molecular weight is 342 g/mol. The van der Waals surface area contributed by atoms with E-state index >= 15 is 0 Å². The van der Waals surface area contributed by atoms with Gasteiger partial charge < -0.3 is 10.4 Å². The summed E-state index contributed by atoms with van der Waals surface area (Å²) in [6, 6.07) is 6.60. The highest BCUT2D eigenvalue weighted by molar-refractivity contribution is 9.10. The second kappa shape index (κ2) is 5.58. The molecule has 0 unspecified atom stereocenters. The molecule has 0 aliphatic heterocycles. The zero-order chi connectivity index (χ0) is 14.9. The Hall–Kier alpha value is -1.95. The number of carboxylic acid groups (broad SMARTS) is 1. The Balaban J connectivity index is 2.47. The molecular weight excluding hydrogens is 332 g/mol. The summed E-state index contributed by atoms with van der Waals surface area (Å²) < 4.78 is 26.9. The molecule has 0 atom stereocenters. The molecule has 0 amide bonds. The fraction of sp³-hybridized carbons (Fsp3) is 0.0714. The van der Waals surface area contributed by atoms with E-state index in [0.717, 1.165) is 11.6 Å². The molecule has 6 heteroatoms. The number of nitrogens with one attached hydrogen (secondary N) is 1. The number of carboxylic acids is 1. The number of anilines is 2. The molecule has 3 nitrogen and oxygen atoms in total. The maximum atomic E-state index is 13.7. The molecule has 2 aromatic rings. The minimum absolute atomic E-state index is 0.00799. The van der Waals surface area contributed by atoms with Gasteiger partial charge in [-0.1, -0.05) is 6.07 Å². The molecule has 2 aromatic carbocycles. The first kappa shape index (κ1) is 14.5. The largest absolute Gasteiger partial charge is 0.478 e. The zero-order valence-electron chi connectivity index (χ0n) is 10.4. The Labute approximate surface area is 122 Å². The van der Waals surface area contributed by atoms with Crippen LogP contribution in [0.2, 0.25) is 0 Å². The van der Waals surface area contributed by atoms with Crippen molar-refractivity contribution < 1.29 is 18.7 Å². The summed E-state index contributed by atoms with van der Waals surface area (Å²) in [4.78, 5) is 11.1. The van der Waals surface area contributed by atoms with Gasteiger partial charge in [-0.05, 0) is 46.6 Å². The van der Waals surface area contributed by atoms with E-state index in [-0.39, 0.29) is 21.4 Å². The summed E-state index contributed by atoms with van der Waals surface area (Å²) in [6.45, 7) is 1.79. The maximum absolute atomic E-state index is 13.7. The van der Waals surface area contributed by atoms with Crippen LogP contribution in [0, 0.1) is 18.6 Å². The molecule has 0 aliphatic rings. The Morgan fingerprint density at radius 2 is 1.85 bits per heavy atom. The zero-order valence-corrected chi connectivity index (χ0v) is 12.0. The highest BCUT2D eigenvalue weighted by Crippen LogP contribution is 2.28. The monoisotopic (exact) mass is 341 g/mol. The average Bonchev–Trinajstić information content (AvgIpc) is 2.35. The van der Waals surface area contributed by atoms with E-state index in [9.17, 15) is 13.6 Å². The first-order chi connectivity index (χ1) is 9.38. The fourth-order valence-corrected chi connectivity index (χ4v) is 2.05. The quantitative estimate of drug-likeness (QED) is 0.809. The lowest BCUT2D eigenvalue weighted by Gasteiger charge is -2.12. The van der Waals surface area contributed by atoms with Crippen LogP contribution in [0.15, 0.2) is 34.8 Å². The standard InChI is InChI=1S/C14H10BrF2NO2/c1-7-2-3-8(14(19)20)12(4-7)18-13-5-9(15)10(16)6-11(13)17/h2-6,18H,1H3,(H,19,20). The van der Waals surface area contributed by atoms with E-state index in [1.807, 2.05) is 0 Å². The Kier molecular flexibility index (Phi) is 4.04. The number of hydrogen-bond acceptors (Lipinski definition) is 2. The Bertz CT molecular complexity index is 689. The molecule has 0 radical (unpaired) electrons. The number of hydrogen-bond donors (Lipinski definition) is 2. The molecule has 104 valence electrons. The van der Waals surface area contributed by atoms with E-state index in [1.165, 1.54) is 12.1 Å². The van der Waals surface area contributed by atoms with E-state index < -0.39 is 17.6 Å². The van der Waals surface area contributed by atoms with E-state index in [4.69, 9.17) is 5.11 Å². The normalized spacial score (nSPS) is 10.4. The molecule has 0 aliphatic carbocycles. The van der Waals surface area contributed by atoms with Crippen molar-refractivity contribution in [2.24, 2.45) is 0 Å². The highest BCUT2D eigenvalue weighted by atomic mass is 79.9. The molecule has 0 spiro atoms. The van der Waals surface area contributed by atoms with E-state index in [2.05, 4.69) is 21.2 Å². The van der Waals surface area contributed by atoms with Crippen molar-refractivity contribution in [3.05, 3.63) is 57.6 Å². The topological polar surface area (TPSA) is 49.3 Å². The number of rotatable bonds is 3.